The number of nitrogens with zero attached hydrogens (tertiary/aromatic N) is 1. The van der Waals surface area contributed by atoms with E-state index in [9.17, 15) is 8.42 Å². The van der Waals surface area contributed by atoms with Gasteiger partial charge in [-0.25, -0.2) is 5.06 Å². The summed E-state index contributed by atoms with van der Waals surface area (Å²) in [5, 5.41) is 1.27. The molecule has 0 unspecified atom stereocenters. The molecular weight excluding hydrogens is 238 g/mol. The van der Waals surface area contributed by atoms with Gasteiger partial charge in [-0.05, 0) is 25.1 Å². The van der Waals surface area contributed by atoms with Gasteiger partial charge in [-0.2, -0.15) is 8.42 Å². The monoisotopic (exact) mass is 251 g/mol. The van der Waals surface area contributed by atoms with Crippen molar-refractivity contribution in [1.29, 1.82) is 0 Å². The SMILES string of the molecule is Cc1ccc(S(=O)(=O)ON2C=CC=CC2)cc1. The third-order valence-electron chi connectivity index (χ3n) is 2.29. The van der Waals surface area contributed by atoms with Crippen LogP contribution in [-0.2, 0) is 14.4 Å². The van der Waals surface area contributed by atoms with Gasteiger partial charge in [0.05, 0.1) is 11.4 Å². The molecule has 1 aliphatic heterocycles. The molecule has 1 aromatic rings. The van der Waals surface area contributed by atoms with Crippen LogP contribution in [0.15, 0.2) is 53.6 Å². The summed E-state index contributed by atoms with van der Waals surface area (Å²) >= 11 is 0. The molecule has 0 atom stereocenters. The second-order valence-corrected chi connectivity index (χ2v) is 5.24. The first-order valence-corrected chi connectivity index (χ1v) is 6.60. The van der Waals surface area contributed by atoms with Crippen LogP contribution in [0.4, 0.5) is 0 Å². The molecule has 0 fully saturated rings. The average Bonchev–Trinajstić information content (AvgIpc) is 2.30. The third-order valence-corrected chi connectivity index (χ3v) is 3.53. The Kier molecular flexibility index (Phi) is 3.31. The van der Waals surface area contributed by atoms with Gasteiger partial charge in [0.15, 0.2) is 0 Å². The van der Waals surface area contributed by atoms with Crippen LogP contribution in [0.1, 0.15) is 5.56 Å². The summed E-state index contributed by atoms with van der Waals surface area (Å²) < 4.78 is 28.8. The van der Waals surface area contributed by atoms with E-state index >= 15 is 0 Å². The first-order chi connectivity index (χ1) is 8.08. The molecule has 1 heterocycles. The van der Waals surface area contributed by atoms with Crippen molar-refractivity contribution in [2.45, 2.75) is 11.8 Å². The second kappa shape index (κ2) is 4.73. The Balaban J connectivity index is 2.16. The van der Waals surface area contributed by atoms with Crippen LogP contribution < -0.4 is 0 Å². The molecule has 1 aliphatic rings. The maximum absolute atomic E-state index is 11.9. The smallest absolute Gasteiger partial charge is 0.240 e. The van der Waals surface area contributed by atoms with Crippen LogP contribution in [0.2, 0.25) is 0 Å². The van der Waals surface area contributed by atoms with Crippen LogP contribution in [0.5, 0.6) is 0 Å². The molecule has 0 aromatic heterocycles. The summed E-state index contributed by atoms with van der Waals surface area (Å²) in [6, 6.07) is 6.55. The third kappa shape index (κ3) is 2.95. The summed E-state index contributed by atoms with van der Waals surface area (Å²) in [5.41, 5.74) is 1.00. The lowest BCUT2D eigenvalue weighted by molar-refractivity contribution is 0.0119. The van der Waals surface area contributed by atoms with Gasteiger partial charge in [-0.3, -0.25) is 0 Å². The molecule has 0 bridgehead atoms. The van der Waals surface area contributed by atoms with Crippen LogP contribution in [-0.4, -0.2) is 20.0 Å². The van der Waals surface area contributed by atoms with Gasteiger partial charge in [0.2, 0.25) is 0 Å². The molecule has 0 spiro atoms. The van der Waals surface area contributed by atoms with Gasteiger partial charge in [-0.15, -0.1) is 4.28 Å². The van der Waals surface area contributed by atoms with E-state index in [0.717, 1.165) is 5.56 Å². The molecule has 0 saturated heterocycles. The van der Waals surface area contributed by atoms with E-state index in [2.05, 4.69) is 0 Å². The van der Waals surface area contributed by atoms with Crippen molar-refractivity contribution >= 4 is 10.1 Å². The highest BCUT2D eigenvalue weighted by atomic mass is 32.2. The minimum atomic E-state index is -3.74. The molecule has 90 valence electrons. The van der Waals surface area contributed by atoms with E-state index < -0.39 is 10.1 Å². The average molecular weight is 251 g/mol. The Hall–Kier alpha value is -1.59. The minimum absolute atomic E-state index is 0.158. The standard InChI is InChI=1S/C12H13NO3S/c1-11-5-7-12(8-6-11)17(14,15)16-13-9-3-2-4-10-13/h2-9H,10H2,1H3. The molecule has 0 N–H and O–H groups in total. The zero-order valence-corrected chi connectivity index (χ0v) is 10.2. The summed E-state index contributed by atoms with van der Waals surface area (Å²) in [4.78, 5) is 0.158. The summed E-state index contributed by atoms with van der Waals surface area (Å²) in [5.74, 6) is 0. The number of rotatable bonds is 3. The normalized spacial score (nSPS) is 15.2. The lowest BCUT2D eigenvalue weighted by Crippen LogP contribution is -2.23. The topological polar surface area (TPSA) is 46.6 Å². The van der Waals surface area contributed by atoms with Crippen molar-refractivity contribution in [2.24, 2.45) is 0 Å². The molecule has 0 saturated carbocycles. The number of aryl methyl sites for hydroxylation is 1. The first-order valence-electron chi connectivity index (χ1n) is 5.19. The molecule has 4 nitrogen and oxygen atoms in total. The summed E-state index contributed by atoms with van der Waals surface area (Å²) in [7, 11) is -3.74. The fourth-order valence-electron chi connectivity index (χ4n) is 1.38. The second-order valence-electron chi connectivity index (χ2n) is 3.71. The molecular formula is C12H13NO3S. The van der Waals surface area contributed by atoms with Gasteiger partial charge >= 0.3 is 10.1 Å². The lowest BCUT2D eigenvalue weighted by atomic mass is 10.2. The maximum atomic E-state index is 11.9. The number of allylic oxidation sites excluding steroid dienone is 2. The zero-order chi connectivity index (χ0) is 12.3. The molecule has 2 rings (SSSR count). The predicted molar refractivity (Wildman–Crippen MR) is 64.4 cm³/mol. The fraction of sp³-hybridized carbons (Fsp3) is 0.167. The van der Waals surface area contributed by atoms with E-state index in [4.69, 9.17) is 4.28 Å². The zero-order valence-electron chi connectivity index (χ0n) is 9.41. The highest BCUT2D eigenvalue weighted by molar-refractivity contribution is 7.86. The number of benzene rings is 1. The van der Waals surface area contributed by atoms with Gasteiger partial charge in [0.1, 0.15) is 0 Å². The molecule has 5 heteroatoms. The fourth-order valence-corrected chi connectivity index (χ4v) is 2.30. The highest BCUT2D eigenvalue weighted by Crippen LogP contribution is 2.15. The van der Waals surface area contributed by atoms with Gasteiger partial charge in [0.25, 0.3) is 0 Å². The van der Waals surface area contributed by atoms with E-state index in [0.29, 0.717) is 6.54 Å². The quantitative estimate of drug-likeness (QED) is 0.824. The molecule has 0 radical (unpaired) electrons. The minimum Gasteiger partial charge on any atom is -0.240 e. The number of hydrogen-bond donors (Lipinski definition) is 0. The van der Waals surface area contributed by atoms with E-state index in [1.54, 1.807) is 24.4 Å². The number of hydroxylamine groups is 2. The van der Waals surface area contributed by atoms with Crippen LogP contribution >= 0.6 is 0 Å². The van der Waals surface area contributed by atoms with Gasteiger partial charge in [-0.1, -0.05) is 29.8 Å². The summed E-state index contributed by atoms with van der Waals surface area (Å²) in [6.07, 6.45) is 6.93. The van der Waals surface area contributed by atoms with Crippen molar-refractivity contribution in [3.05, 3.63) is 54.3 Å². The van der Waals surface area contributed by atoms with Crippen molar-refractivity contribution in [3.63, 3.8) is 0 Å². The van der Waals surface area contributed by atoms with Crippen LogP contribution in [0.3, 0.4) is 0 Å². The molecule has 17 heavy (non-hydrogen) atoms. The Bertz CT molecular complexity index is 544. The van der Waals surface area contributed by atoms with Crippen LogP contribution in [0, 0.1) is 6.92 Å². The van der Waals surface area contributed by atoms with Crippen molar-refractivity contribution in [1.82, 2.24) is 5.06 Å². The van der Waals surface area contributed by atoms with E-state index in [1.165, 1.54) is 17.2 Å². The predicted octanol–water partition coefficient (Wildman–Crippen LogP) is 2.00. The van der Waals surface area contributed by atoms with Crippen molar-refractivity contribution in [2.75, 3.05) is 6.54 Å². The van der Waals surface area contributed by atoms with Gasteiger partial charge < -0.3 is 0 Å². The van der Waals surface area contributed by atoms with Crippen molar-refractivity contribution < 1.29 is 12.7 Å². The molecule has 0 amide bonds. The van der Waals surface area contributed by atoms with Crippen LogP contribution in [0.25, 0.3) is 0 Å². The Labute approximate surface area is 101 Å². The Morgan fingerprint density at radius 2 is 1.88 bits per heavy atom. The molecule has 1 aromatic carbocycles. The first kappa shape index (κ1) is 11.9. The Morgan fingerprint density at radius 1 is 1.18 bits per heavy atom. The lowest BCUT2D eigenvalue weighted by Gasteiger charge is -2.18. The van der Waals surface area contributed by atoms with Crippen molar-refractivity contribution in [3.8, 4) is 0 Å². The van der Waals surface area contributed by atoms with E-state index in [1.807, 2.05) is 19.1 Å². The summed E-state index contributed by atoms with van der Waals surface area (Å²) in [6.45, 7) is 2.32. The number of hydrogen-bond acceptors (Lipinski definition) is 4. The highest BCUT2D eigenvalue weighted by Gasteiger charge is 2.18. The Morgan fingerprint density at radius 3 is 2.47 bits per heavy atom. The maximum Gasteiger partial charge on any atom is 0.317 e. The van der Waals surface area contributed by atoms with E-state index in [-0.39, 0.29) is 4.90 Å². The molecule has 0 aliphatic carbocycles. The largest absolute Gasteiger partial charge is 0.317 e. The van der Waals surface area contributed by atoms with Gasteiger partial charge in [0, 0.05) is 6.20 Å².